The van der Waals surface area contributed by atoms with Gasteiger partial charge < -0.3 is 9.84 Å². The Bertz CT molecular complexity index is 1450. The van der Waals surface area contributed by atoms with Gasteiger partial charge in [0.1, 0.15) is 29.3 Å². The maximum atomic E-state index is 15.9. The Kier molecular flexibility index (Phi) is 6.43. The van der Waals surface area contributed by atoms with Gasteiger partial charge in [-0.1, -0.05) is 12.1 Å². The molecule has 35 heavy (non-hydrogen) atoms. The number of aromatic amines is 1. The highest BCUT2D eigenvalue weighted by molar-refractivity contribution is 7.71. The zero-order valence-corrected chi connectivity index (χ0v) is 19.1. The number of H-pyrrole nitrogens is 1. The molecule has 11 heteroatoms. The van der Waals surface area contributed by atoms with Crippen LogP contribution < -0.4 is 4.74 Å². The number of aromatic nitrogens is 4. The molecule has 178 valence electrons. The van der Waals surface area contributed by atoms with E-state index in [9.17, 15) is 9.50 Å². The fourth-order valence-electron chi connectivity index (χ4n) is 3.50. The van der Waals surface area contributed by atoms with E-state index in [-0.39, 0.29) is 10.5 Å². The van der Waals surface area contributed by atoms with Crippen LogP contribution in [0.1, 0.15) is 22.4 Å². The van der Waals surface area contributed by atoms with Crippen molar-refractivity contribution in [1.82, 2.24) is 19.7 Å². The molecular formula is C24H18F3N5O2S. The van der Waals surface area contributed by atoms with Gasteiger partial charge >= 0.3 is 5.92 Å². The number of hydrogen-bond donors (Lipinski definition) is 2. The van der Waals surface area contributed by atoms with Gasteiger partial charge in [0.15, 0.2) is 5.60 Å². The van der Waals surface area contributed by atoms with Crippen LogP contribution in [0.15, 0.2) is 67.1 Å². The van der Waals surface area contributed by atoms with Crippen LogP contribution in [0.5, 0.6) is 11.5 Å². The van der Waals surface area contributed by atoms with E-state index in [1.54, 1.807) is 31.2 Å². The van der Waals surface area contributed by atoms with E-state index in [0.717, 1.165) is 29.1 Å². The smallest absolute Gasteiger partial charge is 0.323 e. The molecule has 0 fully saturated rings. The van der Waals surface area contributed by atoms with Crippen LogP contribution in [0.4, 0.5) is 13.2 Å². The molecule has 0 saturated carbocycles. The number of nitrogens with one attached hydrogen (secondary N) is 1. The summed E-state index contributed by atoms with van der Waals surface area (Å²) in [6, 6.07) is 14.0. The normalized spacial score (nSPS) is 13.1. The van der Waals surface area contributed by atoms with E-state index in [2.05, 4.69) is 15.1 Å². The van der Waals surface area contributed by atoms with Crippen molar-refractivity contribution in [2.24, 2.45) is 0 Å². The maximum absolute atomic E-state index is 15.9. The van der Waals surface area contributed by atoms with Crippen molar-refractivity contribution in [2.75, 3.05) is 0 Å². The SMILES string of the molecule is Cc1ccc(C(O)(Cn2[nH]cnc2=S)C(F)(F)c2ccc(Oc3ccc(C#N)cc3)cn2)c(F)c1. The summed E-state index contributed by atoms with van der Waals surface area (Å²) in [5, 5.41) is 22.8. The van der Waals surface area contributed by atoms with Gasteiger partial charge in [-0.15, -0.1) is 0 Å². The van der Waals surface area contributed by atoms with E-state index >= 15 is 8.78 Å². The molecule has 2 N–H and O–H groups in total. The summed E-state index contributed by atoms with van der Waals surface area (Å²) in [7, 11) is 0. The number of aryl methyl sites for hydroxylation is 1. The number of nitrogens with zero attached hydrogens (tertiary/aromatic N) is 4. The summed E-state index contributed by atoms with van der Waals surface area (Å²) in [4.78, 5) is 7.57. The van der Waals surface area contributed by atoms with Crippen molar-refractivity contribution in [1.29, 1.82) is 5.26 Å². The first kappa shape index (κ1) is 24.1. The first-order valence-electron chi connectivity index (χ1n) is 10.3. The number of ether oxygens (including phenoxy) is 1. The molecule has 0 spiro atoms. The lowest BCUT2D eigenvalue weighted by atomic mass is 9.84. The van der Waals surface area contributed by atoms with E-state index < -0.39 is 35.1 Å². The third kappa shape index (κ3) is 4.66. The molecule has 4 rings (SSSR count). The summed E-state index contributed by atoms with van der Waals surface area (Å²) in [5.41, 5.74) is -3.57. The molecule has 0 saturated heterocycles. The van der Waals surface area contributed by atoms with Crippen molar-refractivity contribution in [2.45, 2.75) is 25.0 Å². The first-order chi connectivity index (χ1) is 16.6. The number of pyridine rings is 1. The Hall–Kier alpha value is -4.01. The minimum Gasteiger partial charge on any atom is -0.456 e. The Morgan fingerprint density at radius 2 is 1.83 bits per heavy atom. The molecule has 1 atom stereocenters. The van der Waals surface area contributed by atoms with Crippen LogP contribution in [0, 0.1) is 28.8 Å². The number of benzene rings is 2. The Morgan fingerprint density at radius 1 is 1.11 bits per heavy atom. The molecule has 7 nitrogen and oxygen atoms in total. The third-order valence-electron chi connectivity index (χ3n) is 5.37. The number of hydrogen-bond acceptors (Lipinski definition) is 6. The Labute approximate surface area is 203 Å². The van der Waals surface area contributed by atoms with E-state index in [0.29, 0.717) is 16.9 Å². The van der Waals surface area contributed by atoms with Gasteiger partial charge in [0.2, 0.25) is 4.77 Å². The zero-order chi connectivity index (χ0) is 25.2. The van der Waals surface area contributed by atoms with Gasteiger partial charge in [-0.2, -0.15) is 14.0 Å². The number of rotatable bonds is 7. The summed E-state index contributed by atoms with van der Waals surface area (Å²) in [5.74, 6) is -4.54. The second-order valence-electron chi connectivity index (χ2n) is 7.79. The molecule has 4 aromatic rings. The van der Waals surface area contributed by atoms with Gasteiger partial charge in [-0.05, 0) is 67.2 Å². The second-order valence-corrected chi connectivity index (χ2v) is 8.16. The zero-order valence-electron chi connectivity index (χ0n) is 18.2. The van der Waals surface area contributed by atoms with Gasteiger partial charge in [-0.25, -0.2) is 9.37 Å². The molecule has 2 aromatic carbocycles. The molecule has 1 unspecified atom stereocenters. The lowest BCUT2D eigenvalue weighted by molar-refractivity contribution is -0.207. The van der Waals surface area contributed by atoms with Crippen molar-refractivity contribution in [3.8, 4) is 17.6 Å². The van der Waals surface area contributed by atoms with Crippen molar-refractivity contribution in [3.05, 3.63) is 100 Å². The van der Waals surface area contributed by atoms with Gasteiger partial charge in [0, 0.05) is 5.56 Å². The van der Waals surface area contributed by atoms with Crippen LogP contribution in [0.25, 0.3) is 0 Å². The summed E-state index contributed by atoms with van der Waals surface area (Å²) < 4.78 is 53.2. The van der Waals surface area contributed by atoms with Crippen LogP contribution in [-0.4, -0.2) is 24.9 Å². The minimum absolute atomic E-state index is 0.0918. The van der Waals surface area contributed by atoms with Gasteiger partial charge in [0.25, 0.3) is 0 Å². The van der Waals surface area contributed by atoms with Crippen LogP contribution in [0.3, 0.4) is 0 Å². The predicted octanol–water partition coefficient (Wildman–Crippen LogP) is 5.13. The monoisotopic (exact) mass is 497 g/mol. The second kappa shape index (κ2) is 9.32. The lowest BCUT2D eigenvalue weighted by Gasteiger charge is -2.36. The molecule has 2 aromatic heterocycles. The highest BCUT2D eigenvalue weighted by Crippen LogP contribution is 2.47. The standard InChI is InChI=1S/C24H18F3N5O2S/c1-15-2-8-19(20(25)10-15)23(33,13-32-22(35)30-14-31-32)24(26,27)21-9-7-18(12-29-21)34-17-5-3-16(11-28)4-6-17/h2-10,12,14,33H,13H2,1H3,(H,30,31,35). The fraction of sp³-hybridized carbons (Fsp3) is 0.167. The highest BCUT2D eigenvalue weighted by atomic mass is 32.1. The molecule has 0 aliphatic rings. The molecule has 0 bridgehead atoms. The van der Waals surface area contributed by atoms with Crippen LogP contribution in [0.2, 0.25) is 0 Å². The van der Waals surface area contributed by atoms with E-state index in [1.807, 2.05) is 6.07 Å². The van der Waals surface area contributed by atoms with Gasteiger partial charge in [-0.3, -0.25) is 14.8 Å². The fourth-order valence-corrected chi connectivity index (χ4v) is 3.67. The molecule has 0 radical (unpaired) electrons. The van der Waals surface area contributed by atoms with Crippen LogP contribution >= 0.6 is 12.2 Å². The number of nitriles is 1. The highest BCUT2D eigenvalue weighted by Gasteiger charge is 2.57. The van der Waals surface area contributed by atoms with E-state index in [4.69, 9.17) is 22.2 Å². The molecule has 0 aliphatic heterocycles. The topological polar surface area (TPSA) is 99.8 Å². The number of aliphatic hydroxyl groups is 1. The van der Waals surface area contributed by atoms with E-state index in [1.165, 1.54) is 18.5 Å². The maximum Gasteiger partial charge on any atom is 0.323 e. The first-order valence-corrected chi connectivity index (χ1v) is 10.7. The largest absolute Gasteiger partial charge is 0.456 e. The molecular weight excluding hydrogens is 479 g/mol. The summed E-state index contributed by atoms with van der Waals surface area (Å²) >= 11 is 5.01. The van der Waals surface area contributed by atoms with Crippen molar-refractivity contribution >= 4 is 12.2 Å². The molecule has 0 amide bonds. The number of alkyl halides is 2. The average Bonchev–Trinajstić information content (AvgIpc) is 3.23. The summed E-state index contributed by atoms with van der Waals surface area (Å²) in [6.07, 6.45) is 2.25. The van der Waals surface area contributed by atoms with Crippen LogP contribution in [-0.2, 0) is 18.1 Å². The Morgan fingerprint density at radius 3 is 2.40 bits per heavy atom. The average molecular weight is 498 g/mol. The Balaban J connectivity index is 1.71. The van der Waals surface area contributed by atoms with Gasteiger partial charge in [0.05, 0.1) is 24.4 Å². The quantitative estimate of drug-likeness (QED) is 0.344. The third-order valence-corrected chi connectivity index (χ3v) is 5.70. The minimum atomic E-state index is -4.06. The molecule has 2 heterocycles. The molecule has 0 aliphatic carbocycles. The van der Waals surface area contributed by atoms with Crippen molar-refractivity contribution < 1.29 is 23.0 Å². The summed E-state index contributed by atoms with van der Waals surface area (Å²) in [6.45, 7) is 0.785. The van der Waals surface area contributed by atoms with Crippen molar-refractivity contribution in [3.63, 3.8) is 0 Å². The predicted molar refractivity (Wildman–Crippen MR) is 122 cm³/mol. The number of halogens is 3. The lowest BCUT2D eigenvalue weighted by Crippen LogP contribution is -2.48.